The zero-order chi connectivity index (χ0) is 31.7. The van der Waals surface area contributed by atoms with Crippen molar-refractivity contribution >= 4 is 43.6 Å². The number of para-hydroxylation sites is 4. The van der Waals surface area contributed by atoms with Gasteiger partial charge in [-0.2, -0.15) is 18.4 Å². The number of nitriles is 1. The highest BCUT2D eigenvalue weighted by molar-refractivity contribution is 6.12. The van der Waals surface area contributed by atoms with Gasteiger partial charge in [-0.25, -0.2) is 0 Å². The van der Waals surface area contributed by atoms with Gasteiger partial charge >= 0.3 is 6.18 Å². The molecule has 0 fully saturated rings. The van der Waals surface area contributed by atoms with Crippen LogP contribution < -0.4 is 0 Å². The zero-order valence-corrected chi connectivity index (χ0v) is 25.0. The molecule has 0 unspecified atom stereocenters. The highest BCUT2D eigenvalue weighted by Gasteiger charge is 2.36. The molecule has 0 atom stereocenters. The van der Waals surface area contributed by atoms with Crippen LogP contribution in [0, 0.1) is 25.2 Å². The summed E-state index contributed by atoms with van der Waals surface area (Å²) >= 11 is 0. The van der Waals surface area contributed by atoms with E-state index in [1.807, 2.05) is 91.2 Å². The lowest BCUT2D eigenvalue weighted by Gasteiger charge is -2.23. The van der Waals surface area contributed by atoms with E-state index in [1.54, 1.807) is 24.3 Å². The first-order valence-electron chi connectivity index (χ1n) is 15.0. The Labute approximate surface area is 263 Å². The molecule has 0 aliphatic rings. The van der Waals surface area contributed by atoms with Crippen LogP contribution >= 0.6 is 0 Å². The third-order valence-electron chi connectivity index (χ3n) is 9.00. The van der Waals surface area contributed by atoms with E-state index in [9.17, 15) is 5.26 Å². The summed E-state index contributed by atoms with van der Waals surface area (Å²) in [5.41, 5.74) is 6.35. The van der Waals surface area contributed by atoms with Crippen LogP contribution in [0.1, 0.15) is 22.3 Å². The summed E-state index contributed by atoms with van der Waals surface area (Å²) in [7, 11) is 0. The lowest BCUT2D eigenvalue weighted by Crippen LogP contribution is -2.12. The molecular weight excluding hydrogens is 579 g/mol. The number of benzene rings is 6. The van der Waals surface area contributed by atoms with Gasteiger partial charge in [0.1, 0.15) is 0 Å². The average molecular weight is 606 g/mol. The maximum absolute atomic E-state index is 15.2. The van der Waals surface area contributed by atoms with Crippen LogP contribution in [0.15, 0.2) is 121 Å². The minimum Gasteiger partial charge on any atom is -0.307 e. The first kappa shape index (κ1) is 27.7. The fraction of sp³-hybridized carbons (Fsp3) is 0.0750. The maximum atomic E-state index is 15.2. The standard InChI is InChI=1S/C40H26F3N3/c1-24-10-7-16-30-28-14-3-5-18-34(28)45(38(24)30)36-21-32(27-13-9-12-26(20-27)23-44)33(40(41,42)43)22-37(36)46-35-19-6-4-15-29(35)31-17-8-11-25(2)39(31)46/h3-22H,1-2H3. The Bertz CT molecular complexity index is 2560. The summed E-state index contributed by atoms with van der Waals surface area (Å²) in [4.78, 5) is 0. The molecule has 8 aromatic rings. The Balaban J connectivity index is 1.63. The molecule has 0 amide bonds. The summed E-state index contributed by atoms with van der Waals surface area (Å²) in [6, 6.07) is 39.4. The lowest BCUT2D eigenvalue weighted by molar-refractivity contribution is -0.137. The fourth-order valence-corrected chi connectivity index (χ4v) is 7.04. The molecule has 2 aromatic heterocycles. The van der Waals surface area contributed by atoms with Crippen LogP contribution in [0.25, 0.3) is 66.1 Å². The summed E-state index contributed by atoms with van der Waals surface area (Å²) in [6.45, 7) is 4.03. The molecule has 2 heterocycles. The molecule has 8 rings (SSSR count). The van der Waals surface area contributed by atoms with E-state index in [4.69, 9.17) is 0 Å². The van der Waals surface area contributed by atoms with Crippen LogP contribution in [-0.2, 0) is 6.18 Å². The first-order chi connectivity index (χ1) is 22.3. The lowest BCUT2D eigenvalue weighted by atomic mass is 9.95. The topological polar surface area (TPSA) is 33.6 Å². The largest absolute Gasteiger partial charge is 0.417 e. The third kappa shape index (κ3) is 4.05. The highest BCUT2D eigenvalue weighted by atomic mass is 19.4. The van der Waals surface area contributed by atoms with Crippen molar-refractivity contribution in [1.82, 2.24) is 9.13 Å². The summed E-state index contributed by atoms with van der Waals surface area (Å²) in [6.07, 6.45) is -4.67. The molecule has 0 N–H and O–H groups in total. The van der Waals surface area contributed by atoms with Crippen molar-refractivity contribution in [1.29, 1.82) is 5.26 Å². The monoisotopic (exact) mass is 605 g/mol. The minimum atomic E-state index is -4.67. The van der Waals surface area contributed by atoms with Crippen molar-refractivity contribution in [2.75, 3.05) is 0 Å². The van der Waals surface area contributed by atoms with Gasteiger partial charge in [0.25, 0.3) is 0 Å². The molecule has 0 aliphatic carbocycles. The minimum absolute atomic E-state index is 0.0142. The molecule has 6 aromatic carbocycles. The predicted molar refractivity (Wildman–Crippen MR) is 180 cm³/mol. The van der Waals surface area contributed by atoms with Gasteiger partial charge in [-0.3, -0.25) is 0 Å². The second kappa shape index (κ2) is 10.1. The van der Waals surface area contributed by atoms with Gasteiger partial charge in [0.15, 0.2) is 0 Å². The molecule has 0 saturated carbocycles. The van der Waals surface area contributed by atoms with Crippen molar-refractivity contribution in [3.05, 3.63) is 144 Å². The van der Waals surface area contributed by atoms with Crippen LogP contribution in [-0.4, -0.2) is 9.13 Å². The van der Waals surface area contributed by atoms with Crippen molar-refractivity contribution in [2.24, 2.45) is 0 Å². The second-order valence-electron chi connectivity index (χ2n) is 11.7. The van der Waals surface area contributed by atoms with Crippen molar-refractivity contribution in [3.8, 4) is 28.6 Å². The van der Waals surface area contributed by atoms with E-state index >= 15 is 13.2 Å². The fourth-order valence-electron chi connectivity index (χ4n) is 7.04. The summed E-state index contributed by atoms with van der Waals surface area (Å²) in [5.74, 6) is 0. The van der Waals surface area contributed by atoms with Crippen LogP contribution in [0.2, 0.25) is 0 Å². The van der Waals surface area contributed by atoms with E-state index in [0.717, 1.165) is 54.7 Å². The number of alkyl halides is 3. The Hall–Kier alpha value is -5.80. The van der Waals surface area contributed by atoms with Gasteiger partial charge in [0.2, 0.25) is 0 Å². The smallest absolute Gasteiger partial charge is 0.307 e. The number of rotatable bonds is 3. The molecule has 0 radical (unpaired) electrons. The number of nitrogens with zero attached hydrogens (tertiary/aromatic N) is 3. The Kier molecular flexibility index (Phi) is 6.10. The van der Waals surface area contributed by atoms with Crippen molar-refractivity contribution < 1.29 is 13.2 Å². The summed E-state index contributed by atoms with van der Waals surface area (Å²) < 4.78 is 49.7. The molecule has 0 spiro atoms. The predicted octanol–water partition coefficient (Wildman–Crippen LogP) is 11.1. The SMILES string of the molecule is Cc1cccc2c3ccccc3n(-c3cc(-c4cccc(C#N)c4)c(C(F)(F)F)cc3-n3c4ccccc4c4cccc(C)c43)c12. The van der Waals surface area contributed by atoms with Crippen LogP contribution in [0.3, 0.4) is 0 Å². The van der Waals surface area contributed by atoms with E-state index < -0.39 is 11.7 Å². The number of hydrogen-bond acceptors (Lipinski definition) is 1. The molecule has 0 aliphatic heterocycles. The third-order valence-corrected chi connectivity index (χ3v) is 9.00. The van der Waals surface area contributed by atoms with Gasteiger partial charge in [-0.05, 0) is 72.5 Å². The molecule has 46 heavy (non-hydrogen) atoms. The molecule has 222 valence electrons. The number of fused-ring (bicyclic) bond motifs is 6. The maximum Gasteiger partial charge on any atom is 0.417 e. The van der Waals surface area contributed by atoms with E-state index in [0.29, 0.717) is 22.5 Å². The second-order valence-corrected chi connectivity index (χ2v) is 11.7. The van der Waals surface area contributed by atoms with E-state index in [1.165, 1.54) is 12.1 Å². The number of hydrogen-bond donors (Lipinski definition) is 0. The van der Waals surface area contributed by atoms with Gasteiger partial charge in [-0.1, -0.05) is 84.9 Å². The van der Waals surface area contributed by atoms with E-state index in [-0.39, 0.29) is 5.56 Å². The molecular formula is C40H26F3N3. The number of aromatic nitrogens is 2. The van der Waals surface area contributed by atoms with Crippen molar-refractivity contribution in [2.45, 2.75) is 20.0 Å². The Morgan fingerprint density at radius 3 is 1.61 bits per heavy atom. The van der Waals surface area contributed by atoms with Crippen molar-refractivity contribution in [3.63, 3.8) is 0 Å². The Morgan fingerprint density at radius 2 is 1.07 bits per heavy atom. The highest BCUT2D eigenvalue weighted by Crippen LogP contribution is 2.45. The van der Waals surface area contributed by atoms with Crippen LogP contribution in [0.5, 0.6) is 0 Å². The van der Waals surface area contributed by atoms with Gasteiger partial charge in [-0.15, -0.1) is 0 Å². The molecule has 3 nitrogen and oxygen atoms in total. The van der Waals surface area contributed by atoms with E-state index in [2.05, 4.69) is 22.8 Å². The van der Waals surface area contributed by atoms with Gasteiger partial charge in [0, 0.05) is 21.5 Å². The average Bonchev–Trinajstić information content (AvgIpc) is 3.59. The van der Waals surface area contributed by atoms with Crippen LogP contribution in [0.4, 0.5) is 13.2 Å². The normalized spacial score (nSPS) is 12.0. The molecule has 0 bridgehead atoms. The first-order valence-corrected chi connectivity index (χ1v) is 15.0. The zero-order valence-electron chi connectivity index (χ0n) is 25.0. The number of aryl methyl sites for hydroxylation is 2. The number of halogens is 3. The molecule has 6 heteroatoms. The van der Waals surface area contributed by atoms with Gasteiger partial charge in [0.05, 0.1) is 50.6 Å². The Morgan fingerprint density at radius 1 is 0.565 bits per heavy atom. The quantitative estimate of drug-likeness (QED) is 0.197. The molecule has 0 saturated heterocycles. The van der Waals surface area contributed by atoms with Gasteiger partial charge < -0.3 is 9.13 Å². The summed E-state index contributed by atoms with van der Waals surface area (Å²) in [5, 5.41) is 13.6.